The minimum absolute atomic E-state index is 0.114. The van der Waals surface area contributed by atoms with Gasteiger partial charge in [0.1, 0.15) is 159 Å². The number of fused-ring (bicyclic) bond motifs is 7. The van der Waals surface area contributed by atoms with Gasteiger partial charge in [0, 0.05) is 0 Å². The van der Waals surface area contributed by atoms with Crippen LogP contribution in [-0.4, -0.2) is 391 Å². The number of carboxylic acid groups (broad SMARTS) is 1. The van der Waals surface area contributed by atoms with Gasteiger partial charge in [0.2, 0.25) is 6.29 Å². The Kier molecular flexibility index (Phi) is 26.9. The molecule has 8 heterocycles. The molecule has 0 aromatic carbocycles. The molecule has 12 fully saturated rings. The predicted molar refractivity (Wildman–Crippen MR) is 378 cm³/mol. The first kappa shape index (κ1) is 90.7. The van der Waals surface area contributed by atoms with Crippen LogP contribution < -0.4 is 0 Å². The summed E-state index contributed by atoms with van der Waals surface area (Å²) in [6.45, 7) is 13.7. The van der Waals surface area contributed by atoms with E-state index in [-0.39, 0.29) is 24.2 Å². The van der Waals surface area contributed by atoms with E-state index in [0.717, 1.165) is 11.9 Å². The topological polar surface area (TPSA) is 624 Å². The lowest BCUT2D eigenvalue weighted by atomic mass is 9.33. The van der Waals surface area contributed by atoms with Crippen molar-refractivity contribution in [2.75, 3.05) is 26.4 Å². The number of ether oxygens (including phenoxy) is 16. The molecule has 8 saturated heterocycles. The maximum Gasteiger partial charge on any atom is 0.335 e. The van der Waals surface area contributed by atoms with E-state index < -0.39 is 317 Å². The maximum absolute atomic E-state index is 16.0. The van der Waals surface area contributed by atoms with Gasteiger partial charge >= 0.3 is 11.9 Å². The minimum Gasteiger partial charge on any atom is -0.479 e. The molecule has 5 aliphatic carbocycles. The third kappa shape index (κ3) is 15.8. The van der Waals surface area contributed by atoms with Crippen LogP contribution in [0.1, 0.15) is 127 Å². The Bertz CT molecular complexity index is 3420. The Morgan fingerprint density at radius 1 is 0.440 bits per heavy atom. The molecule has 664 valence electrons. The molecule has 0 radical (unpaired) electrons. The first-order valence-corrected chi connectivity index (χ1v) is 40.3. The summed E-state index contributed by atoms with van der Waals surface area (Å²) in [5.41, 5.74) is -3.85. The summed E-state index contributed by atoms with van der Waals surface area (Å²) in [6, 6.07) is 0. The predicted octanol–water partition coefficient (Wildman–Crippen LogP) is -7.11. The van der Waals surface area contributed by atoms with Gasteiger partial charge in [0.05, 0.1) is 61.7 Å². The molecule has 0 aromatic heterocycles. The molecule has 4 saturated carbocycles. The molecule has 0 amide bonds. The van der Waals surface area contributed by atoms with Crippen molar-refractivity contribution in [1.29, 1.82) is 0 Å². The second-order valence-electron chi connectivity index (χ2n) is 36.3. The average molecular weight is 1670 g/mol. The van der Waals surface area contributed by atoms with Crippen molar-refractivity contribution in [3.63, 3.8) is 0 Å². The van der Waals surface area contributed by atoms with Gasteiger partial charge in [0.15, 0.2) is 56.2 Å². The van der Waals surface area contributed by atoms with E-state index in [1.54, 1.807) is 6.92 Å². The lowest BCUT2D eigenvalue weighted by molar-refractivity contribution is -0.399. The summed E-state index contributed by atoms with van der Waals surface area (Å²) in [5, 5.41) is 232. The second-order valence-corrected chi connectivity index (χ2v) is 36.3. The van der Waals surface area contributed by atoms with Gasteiger partial charge in [-0.2, -0.15) is 0 Å². The maximum atomic E-state index is 16.0. The van der Waals surface area contributed by atoms with Crippen LogP contribution in [0.3, 0.4) is 0 Å². The van der Waals surface area contributed by atoms with Gasteiger partial charge in [-0.1, -0.05) is 53.2 Å². The van der Waals surface area contributed by atoms with Gasteiger partial charge in [0.25, 0.3) is 0 Å². The van der Waals surface area contributed by atoms with Crippen LogP contribution in [0.2, 0.25) is 0 Å². The van der Waals surface area contributed by atoms with Crippen LogP contribution >= 0.6 is 0 Å². The molecule has 116 heavy (non-hydrogen) atoms. The van der Waals surface area contributed by atoms with Gasteiger partial charge < -0.3 is 188 Å². The number of aliphatic hydroxyl groups is 20. The number of aliphatic carboxylic acids is 1. The fraction of sp³-hybridized carbons (Fsp3) is 0.934. The van der Waals surface area contributed by atoms with Crippen LogP contribution in [0.25, 0.3) is 0 Å². The molecule has 0 aromatic rings. The van der Waals surface area contributed by atoms with Gasteiger partial charge in [-0.3, -0.25) is 4.79 Å². The van der Waals surface area contributed by atoms with Crippen LogP contribution in [0, 0.1) is 50.2 Å². The van der Waals surface area contributed by atoms with Crippen molar-refractivity contribution in [3.05, 3.63) is 11.6 Å². The number of hydrogen-bond donors (Lipinski definition) is 21. The molecule has 1 unspecified atom stereocenters. The van der Waals surface area contributed by atoms with Crippen molar-refractivity contribution in [1.82, 2.24) is 0 Å². The van der Waals surface area contributed by atoms with E-state index >= 15 is 4.79 Å². The van der Waals surface area contributed by atoms with E-state index in [9.17, 15) is 117 Å². The Balaban J connectivity index is 0.761. The average Bonchev–Trinajstić information content (AvgIpc) is 0.672. The zero-order chi connectivity index (χ0) is 84.6. The lowest BCUT2D eigenvalue weighted by Crippen LogP contribution is -2.69. The van der Waals surface area contributed by atoms with E-state index in [1.807, 2.05) is 0 Å². The summed E-state index contributed by atoms with van der Waals surface area (Å²) >= 11 is 0. The fourth-order valence-corrected chi connectivity index (χ4v) is 21.6. The van der Waals surface area contributed by atoms with Crippen LogP contribution in [0.4, 0.5) is 0 Å². The highest BCUT2D eigenvalue weighted by atomic mass is 16.8. The number of carbonyl (C=O) groups excluding carboxylic acids is 2. The SMILES string of the molecule is C[C@@H]1O[C@H](O[C@H]2[C@H](O)[C@@H](C(=O)O)O[C@@H](OC3CC[C@@]4(C)[C@@H](CC[C@]5(C)[C@@H]4CC=C4[C@@H]6CC(C)(C)CC[C@]6(C(=O)O[C@@H]6O[C@H](C)[C@H](O)[C@H](O)[C@H]6O[C@@H]6O[C@@H](C)[C@H](O[C@@H]7OC[C@@H](O)[C@H](O)[C@H]7O)[C@@H](O[C@@H]7O[C@H](CO)[C@@H](O)[C@H](O[C@H]8OC[C@@H](O)[C@H](O)[C@H]8O)[C@H]7O)[C@H]6O)CC[C@]45C)[C@]3(C)C=O)[C@@H]2O[C@@H]2O[C@H](CO)[C@H](O)[C@H](O)[C@H]2O)[C@H](O)[C@H](O)[C@H]1O. The second kappa shape index (κ2) is 34.5. The fourth-order valence-electron chi connectivity index (χ4n) is 21.6. The highest BCUT2D eigenvalue weighted by molar-refractivity contribution is 5.79. The Labute approximate surface area is 667 Å². The van der Waals surface area contributed by atoms with E-state index in [2.05, 4.69) is 40.7 Å². The van der Waals surface area contributed by atoms with E-state index in [1.165, 1.54) is 20.8 Å². The molecule has 0 bridgehead atoms. The molecule has 0 spiro atoms. The monoisotopic (exact) mass is 1670 g/mol. The Morgan fingerprint density at radius 3 is 1.52 bits per heavy atom. The van der Waals surface area contributed by atoms with Gasteiger partial charge in [-0.25, -0.2) is 4.79 Å². The highest BCUT2D eigenvalue weighted by Gasteiger charge is 2.72. The summed E-state index contributed by atoms with van der Waals surface area (Å²) in [7, 11) is 0. The summed E-state index contributed by atoms with van der Waals surface area (Å²) in [6.07, 6.45) is -64.3. The van der Waals surface area contributed by atoms with Crippen LogP contribution in [0.15, 0.2) is 11.6 Å². The third-order valence-corrected chi connectivity index (χ3v) is 28.9. The zero-order valence-electron chi connectivity index (χ0n) is 66.0. The van der Waals surface area contributed by atoms with Crippen LogP contribution in [-0.2, 0) is 90.2 Å². The number of esters is 1. The number of hydrogen-bond acceptors (Lipinski definition) is 39. The van der Waals surface area contributed by atoms with E-state index in [0.29, 0.717) is 51.4 Å². The smallest absolute Gasteiger partial charge is 0.335 e. The summed E-state index contributed by atoms with van der Waals surface area (Å²) in [4.78, 5) is 43.5. The highest BCUT2D eigenvalue weighted by Crippen LogP contribution is 2.76. The van der Waals surface area contributed by atoms with Crippen molar-refractivity contribution >= 4 is 18.2 Å². The molecular weight excluding hydrogens is 1550 g/mol. The number of aldehydes is 1. The lowest BCUT2D eigenvalue weighted by Gasteiger charge is -2.71. The van der Waals surface area contributed by atoms with Gasteiger partial charge in [-0.05, 0) is 124 Å². The molecule has 13 rings (SSSR count). The number of rotatable bonds is 20. The molecule has 8 aliphatic heterocycles. The quantitative estimate of drug-likeness (QED) is 0.0233. The van der Waals surface area contributed by atoms with Crippen molar-refractivity contribution < 1.29 is 197 Å². The number of allylic oxidation sites excluding steroid dienone is 2. The normalized spacial score (nSPS) is 55.0. The number of carbonyl (C=O) groups is 3. The molecule has 13 aliphatic rings. The third-order valence-electron chi connectivity index (χ3n) is 28.9. The number of aliphatic hydroxyl groups excluding tert-OH is 20. The Morgan fingerprint density at radius 2 is 0.922 bits per heavy atom. The summed E-state index contributed by atoms with van der Waals surface area (Å²) < 4.78 is 97.3. The largest absolute Gasteiger partial charge is 0.479 e. The summed E-state index contributed by atoms with van der Waals surface area (Å²) in [5.74, 6) is -3.56. The standard InChI is InChI=1S/C76H120O40/c1-26-38(82)44(88)49(93)64(103-26)111-56-51(95)58(61(98)99)113-69(60(56)115-65-50(94)45(89)42(86)33(21-77)106-65)108-37-13-14-72(6)35(73(37,7)25-79)12-15-75(9)36(72)11-10-29-30-20-71(4,5)16-18-76(30,19-17-74(29,75)8)70(100)116-68-59(46(90)39(83)27(2)104-68)114-66-53(97)57(54(28(3)105-66)109-62-47(91)40(84)31(80)23-101-62)112-67-52(96)55(43(87)34(22-78)107-67)110-63-48(92)41(85)32(81)24-102-63/h10,25-28,30-60,62-69,77-78,80-97H,11-24H2,1-9H3,(H,98,99)/t26-,27+,28-,30-,31+,32+,33+,34+,35+,36+,37?,38-,39-,40-,41-,42-,43+,44+,45-,46-,47+,48+,49+,50+,51-,52+,53+,54-,55-,56-,57-,58-,59+,60+,62-,63+,64+,65-,66-,67-,68-,69+,72-,73-,74+,75+,76-/m0/s1. The first-order chi connectivity index (χ1) is 54.5. The molecular formula is C76H120O40. The molecule has 47 atom stereocenters. The van der Waals surface area contributed by atoms with Crippen molar-refractivity contribution in [2.24, 2.45) is 50.2 Å². The molecule has 40 nitrogen and oxygen atoms in total. The van der Waals surface area contributed by atoms with Crippen molar-refractivity contribution in [2.45, 2.75) is 366 Å². The first-order valence-electron chi connectivity index (χ1n) is 40.3. The van der Waals surface area contributed by atoms with Gasteiger partial charge in [-0.15, -0.1) is 0 Å². The zero-order valence-corrected chi connectivity index (χ0v) is 66.0. The minimum atomic E-state index is -2.23. The van der Waals surface area contributed by atoms with Crippen molar-refractivity contribution in [3.8, 4) is 0 Å². The van der Waals surface area contributed by atoms with Crippen LogP contribution in [0.5, 0.6) is 0 Å². The number of carboxylic acids is 1. The van der Waals surface area contributed by atoms with E-state index in [4.69, 9.17) is 75.8 Å². The Hall–Kier alpha value is -3.05. The molecule has 21 N–H and O–H groups in total. The molecule has 40 heteroatoms.